The third-order valence-electron chi connectivity index (χ3n) is 15.8. The van der Waals surface area contributed by atoms with Crippen molar-refractivity contribution in [2.45, 2.75) is 386 Å². The molecule has 0 fully saturated rings. The Morgan fingerprint density at radius 2 is 0.494 bits per heavy atom. The van der Waals surface area contributed by atoms with Crippen LogP contribution in [-0.4, -0.2) is 37.2 Å². The van der Waals surface area contributed by atoms with E-state index in [1.807, 2.05) is 0 Å². The van der Waals surface area contributed by atoms with E-state index in [1.54, 1.807) is 0 Å². The van der Waals surface area contributed by atoms with Crippen molar-refractivity contribution in [1.29, 1.82) is 0 Å². The highest BCUT2D eigenvalue weighted by Gasteiger charge is 2.19. The van der Waals surface area contributed by atoms with Gasteiger partial charge in [0.25, 0.3) is 0 Å². The molecule has 0 N–H and O–H groups in total. The Bertz CT molecular complexity index is 1360. The Labute approximate surface area is 492 Å². The summed E-state index contributed by atoms with van der Waals surface area (Å²) >= 11 is 0. The lowest BCUT2D eigenvalue weighted by Crippen LogP contribution is -2.30. The minimum atomic E-state index is -0.767. The van der Waals surface area contributed by atoms with Crippen molar-refractivity contribution in [3.63, 3.8) is 0 Å². The first-order valence-corrected chi connectivity index (χ1v) is 35.1. The van der Waals surface area contributed by atoms with Gasteiger partial charge in [0.05, 0.1) is 0 Å². The summed E-state index contributed by atoms with van der Waals surface area (Å²) in [6.45, 7) is 6.60. The summed E-state index contributed by atoms with van der Waals surface area (Å²) in [5.41, 5.74) is 0. The van der Waals surface area contributed by atoms with Gasteiger partial charge in [0.15, 0.2) is 6.10 Å². The fraction of sp³-hybridized carbons (Fsp3) is 0.849. The molecule has 0 aliphatic carbocycles. The average molecular weight is 1110 g/mol. The van der Waals surface area contributed by atoms with Crippen molar-refractivity contribution in [3.05, 3.63) is 48.6 Å². The van der Waals surface area contributed by atoms with Gasteiger partial charge >= 0.3 is 17.9 Å². The van der Waals surface area contributed by atoms with Crippen LogP contribution in [0, 0.1) is 0 Å². The highest BCUT2D eigenvalue weighted by molar-refractivity contribution is 5.71. The van der Waals surface area contributed by atoms with Crippen LogP contribution in [0.25, 0.3) is 0 Å². The van der Waals surface area contributed by atoms with Gasteiger partial charge < -0.3 is 14.2 Å². The molecule has 0 rings (SSSR count). The van der Waals surface area contributed by atoms with E-state index in [1.165, 1.54) is 257 Å². The van der Waals surface area contributed by atoms with Crippen LogP contribution in [0.2, 0.25) is 0 Å². The second-order valence-electron chi connectivity index (χ2n) is 23.8. The van der Waals surface area contributed by atoms with Crippen LogP contribution in [0.15, 0.2) is 48.6 Å². The van der Waals surface area contributed by atoms with Crippen LogP contribution in [0.3, 0.4) is 0 Å². The van der Waals surface area contributed by atoms with Crippen LogP contribution < -0.4 is 0 Å². The predicted molar refractivity (Wildman–Crippen MR) is 344 cm³/mol. The molecule has 0 aromatic rings. The number of allylic oxidation sites excluding steroid dienone is 8. The van der Waals surface area contributed by atoms with Crippen LogP contribution in [0.1, 0.15) is 380 Å². The van der Waals surface area contributed by atoms with E-state index in [2.05, 4.69) is 69.4 Å². The fourth-order valence-electron chi connectivity index (χ4n) is 10.6. The third-order valence-corrected chi connectivity index (χ3v) is 15.8. The van der Waals surface area contributed by atoms with Gasteiger partial charge in [-0.3, -0.25) is 14.4 Å². The summed E-state index contributed by atoms with van der Waals surface area (Å²) in [5.74, 6) is -0.834. The summed E-state index contributed by atoms with van der Waals surface area (Å²) in [6, 6.07) is 0. The molecule has 79 heavy (non-hydrogen) atoms. The zero-order valence-corrected chi connectivity index (χ0v) is 53.2. The summed E-state index contributed by atoms with van der Waals surface area (Å²) in [6.07, 6.45) is 85.7. The maximum absolute atomic E-state index is 12.9. The molecule has 0 saturated heterocycles. The Hall–Kier alpha value is -2.63. The zero-order valence-electron chi connectivity index (χ0n) is 53.2. The number of carbonyl (C=O) groups is 3. The van der Waals surface area contributed by atoms with Gasteiger partial charge in [-0.15, -0.1) is 0 Å². The van der Waals surface area contributed by atoms with E-state index in [-0.39, 0.29) is 31.1 Å². The summed E-state index contributed by atoms with van der Waals surface area (Å²) < 4.78 is 17.0. The lowest BCUT2D eigenvalue weighted by Gasteiger charge is -2.18. The SMILES string of the molecule is CC/C=C\C/C=C\C/C=C\C/C=C\CCCCCCCCCCCCCCCCCCCCC(=O)OCC(COC(=O)CCCCCCCCCCCCCCC)OC(=O)CCCCCCCCCCCCCCCCCCC. The van der Waals surface area contributed by atoms with Crippen LogP contribution in [0.5, 0.6) is 0 Å². The normalized spacial score (nSPS) is 12.3. The molecule has 0 aliphatic rings. The largest absolute Gasteiger partial charge is 0.462 e. The molecule has 1 atom stereocenters. The first-order chi connectivity index (χ1) is 39.0. The van der Waals surface area contributed by atoms with Crippen LogP contribution >= 0.6 is 0 Å². The summed E-state index contributed by atoms with van der Waals surface area (Å²) in [5, 5.41) is 0. The van der Waals surface area contributed by atoms with Crippen molar-refractivity contribution >= 4 is 17.9 Å². The molecule has 6 heteroatoms. The molecule has 1 unspecified atom stereocenters. The number of hydrogen-bond acceptors (Lipinski definition) is 6. The topological polar surface area (TPSA) is 78.9 Å². The standard InChI is InChI=1S/C73H134O6/c1-4-7-10-13-16-19-22-25-27-29-30-31-32-33-34-35-36-37-38-39-40-41-42-44-45-48-51-54-57-60-63-66-72(75)78-69-70(68-77-71(74)65-62-59-56-53-50-47-24-21-18-15-12-9-6-3)79-73(76)67-64-61-58-55-52-49-46-43-28-26-23-20-17-14-11-8-5-2/h7,10,16,19,25,27,30-31,70H,4-6,8-9,11-15,17-18,20-24,26,28-29,32-69H2,1-3H3/b10-7-,19-16-,27-25-,31-30-. The number of hydrogen-bond donors (Lipinski definition) is 0. The maximum atomic E-state index is 12.9. The summed E-state index contributed by atoms with van der Waals surface area (Å²) in [4.78, 5) is 38.4. The second kappa shape index (κ2) is 67.9. The van der Waals surface area contributed by atoms with Gasteiger partial charge in [-0.05, 0) is 57.8 Å². The number of unbranched alkanes of at least 4 members (excludes halogenated alkanes) is 46. The smallest absolute Gasteiger partial charge is 0.306 e. The third kappa shape index (κ3) is 66.1. The molecule has 0 heterocycles. The van der Waals surface area contributed by atoms with Crippen molar-refractivity contribution in [2.24, 2.45) is 0 Å². The van der Waals surface area contributed by atoms with E-state index in [0.29, 0.717) is 19.3 Å². The van der Waals surface area contributed by atoms with Gasteiger partial charge in [-0.1, -0.05) is 352 Å². The number of ether oxygens (including phenoxy) is 3. The number of esters is 3. The van der Waals surface area contributed by atoms with E-state index in [9.17, 15) is 14.4 Å². The monoisotopic (exact) mass is 1110 g/mol. The molecule has 0 spiro atoms. The van der Waals surface area contributed by atoms with Gasteiger partial charge in [0.2, 0.25) is 0 Å². The molecule has 462 valence electrons. The molecular weight excluding hydrogens is 973 g/mol. The average Bonchev–Trinajstić information content (AvgIpc) is 3.45. The number of carbonyl (C=O) groups excluding carboxylic acids is 3. The van der Waals surface area contributed by atoms with E-state index in [0.717, 1.165) is 83.5 Å². The molecule has 0 aromatic carbocycles. The van der Waals surface area contributed by atoms with Gasteiger partial charge in [-0.2, -0.15) is 0 Å². The first kappa shape index (κ1) is 76.4. The van der Waals surface area contributed by atoms with Gasteiger partial charge in [0, 0.05) is 19.3 Å². The quantitative estimate of drug-likeness (QED) is 0.0261. The highest BCUT2D eigenvalue weighted by atomic mass is 16.6. The molecular formula is C73H134O6. The molecule has 6 nitrogen and oxygen atoms in total. The van der Waals surface area contributed by atoms with E-state index in [4.69, 9.17) is 14.2 Å². The van der Waals surface area contributed by atoms with Crippen LogP contribution in [-0.2, 0) is 28.6 Å². The van der Waals surface area contributed by atoms with Crippen LogP contribution in [0.4, 0.5) is 0 Å². The molecule has 0 amide bonds. The Balaban J connectivity index is 4.14. The number of rotatable bonds is 65. The first-order valence-electron chi connectivity index (χ1n) is 35.1. The molecule has 0 bridgehead atoms. The zero-order chi connectivity index (χ0) is 57.1. The highest BCUT2D eigenvalue weighted by Crippen LogP contribution is 2.19. The Morgan fingerprint density at radius 3 is 0.772 bits per heavy atom. The lowest BCUT2D eigenvalue weighted by atomic mass is 10.0. The van der Waals surface area contributed by atoms with Gasteiger partial charge in [-0.25, -0.2) is 0 Å². The van der Waals surface area contributed by atoms with E-state index < -0.39 is 6.10 Å². The Morgan fingerprint density at radius 1 is 0.266 bits per heavy atom. The minimum absolute atomic E-state index is 0.0648. The second-order valence-corrected chi connectivity index (χ2v) is 23.8. The predicted octanol–water partition coefficient (Wildman–Crippen LogP) is 24.1. The minimum Gasteiger partial charge on any atom is -0.462 e. The van der Waals surface area contributed by atoms with Crippen molar-refractivity contribution < 1.29 is 28.6 Å². The molecule has 0 aromatic heterocycles. The lowest BCUT2D eigenvalue weighted by molar-refractivity contribution is -0.167. The van der Waals surface area contributed by atoms with Crippen molar-refractivity contribution in [2.75, 3.05) is 13.2 Å². The molecule has 0 radical (unpaired) electrons. The fourth-order valence-corrected chi connectivity index (χ4v) is 10.6. The van der Waals surface area contributed by atoms with Gasteiger partial charge in [0.1, 0.15) is 13.2 Å². The molecule has 0 aliphatic heterocycles. The van der Waals surface area contributed by atoms with Crippen molar-refractivity contribution in [3.8, 4) is 0 Å². The van der Waals surface area contributed by atoms with E-state index >= 15 is 0 Å². The van der Waals surface area contributed by atoms with Crippen molar-refractivity contribution in [1.82, 2.24) is 0 Å². The molecule has 0 saturated carbocycles. The Kier molecular flexibility index (Phi) is 65.6. The maximum Gasteiger partial charge on any atom is 0.306 e. The summed E-state index contributed by atoms with van der Waals surface area (Å²) in [7, 11) is 0.